The van der Waals surface area contributed by atoms with Crippen molar-refractivity contribution in [1.29, 1.82) is 0 Å². The van der Waals surface area contributed by atoms with Crippen LogP contribution in [-0.4, -0.2) is 36.8 Å². The van der Waals surface area contributed by atoms with Crippen molar-refractivity contribution in [2.45, 2.75) is 52.0 Å². The Morgan fingerprint density at radius 2 is 2.28 bits per heavy atom. The number of rotatable bonds is 7. The van der Waals surface area contributed by atoms with Gasteiger partial charge in [-0.05, 0) is 50.6 Å². The smallest absolute Gasteiger partial charge is 0.220 e. The molecule has 0 aliphatic carbocycles. The predicted octanol–water partition coefficient (Wildman–Crippen LogP) is 1.29. The maximum atomic E-state index is 11.9. The molecule has 1 saturated heterocycles. The third kappa shape index (κ3) is 5.83. The first-order valence-electron chi connectivity index (χ1n) is 7.24. The second-order valence-electron chi connectivity index (χ2n) is 5.68. The standard InChI is InChI=1S/C14H28N2O2/c1-11(2)13(7-9-17)16-14(18)6-5-12-4-3-8-15-10-12/h11-13,15,17H,3-10H2,1-2H3,(H,16,18). The summed E-state index contributed by atoms with van der Waals surface area (Å²) in [6.45, 7) is 6.46. The molecule has 2 atom stereocenters. The van der Waals surface area contributed by atoms with Crippen LogP contribution >= 0.6 is 0 Å². The molecule has 3 N–H and O–H groups in total. The maximum absolute atomic E-state index is 11.9. The fourth-order valence-electron chi connectivity index (χ4n) is 2.50. The van der Waals surface area contributed by atoms with Crippen LogP contribution in [0.25, 0.3) is 0 Å². The van der Waals surface area contributed by atoms with E-state index in [9.17, 15) is 4.79 Å². The predicted molar refractivity (Wildman–Crippen MR) is 73.3 cm³/mol. The van der Waals surface area contributed by atoms with Gasteiger partial charge >= 0.3 is 0 Å². The lowest BCUT2D eigenvalue weighted by atomic mass is 9.94. The van der Waals surface area contributed by atoms with Crippen molar-refractivity contribution in [2.24, 2.45) is 11.8 Å². The third-order valence-corrected chi connectivity index (χ3v) is 3.77. The van der Waals surface area contributed by atoms with Crippen molar-refractivity contribution in [3.63, 3.8) is 0 Å². The van der Waals surface area contributed by atoms with E-state index in [4.69, 9.17) is 5.11 Å². The number of hydrogen-bond acceptors (Lipinski definition) is 3. The first kappa shape index (κ1) is 15.4. The first-order valence-corrected chi connectivity index (χ1v) is 7.24. The van der Waals surface area contributed by atoms with Crippen LogP contribution in [0.15, 0.2) is 0 Å². The van der Waals surface area contributed by atoms with Crippen LogP contribution in [0, 0.1) is 11.8 Å². The lowest BCUT2D eigenvalue weighted by molar-refractivity contribution is -0.122. The van der Waals surface area contributed by atoms with Crippen molar-refractivity contribution < 1.29 is 9.90 Å². The highest BCUT2D eigenvalue weighted by atomic mass is 16.3. The molecule has 1 rings (SSSR count). The van der Waals surface area contributed by atoms with E-state index in [1.54, 1.807) is 0 Å². The fraction of sp³-hybridized carbons (Fsp3) is 0.929. The lowest BCUT2D eigenvalue weighted by Crippen LogP contribution is -2.39. The Bertz CT molecular complexity index is 238. The summed E-state index contributed by atoms with van der Waals surface area (Å²) in [7, 11) is 0. The van der Waals surface area contributed by atoms with Crippen LogP contribution in [-0.2, 0) is 4.79 Å². The summed E-state index contributed by atoms with van der Waals surface area (Å²) in [6.07, 6.45) is 4.70. The SMILES string of the molecule is CC(C)C(CCO)NC(=O)CCC1CCCNC1. The van der Waals surface area contributed by atoms with Gasteiger partial charge in [0.15, 0.2) is 0 Å². The molecular formula is C14H28N2O2. The van der Waals surface area contributed by atoms with Gasteiger partial charge in [0, 0.05) is 19.1 Å². The summed E-state index contributed by atoms with van der Waals surface area (Å²) >= 11 is 0. The Kier molecular flexibility index (Phi) is 7.28. The van der Waals surface area contributed by atoms with E-state index in [0.717, 1.165) is 19.5 Å². The van der Waals surface area contributed by atoms with Crippen molar-refractivity contribution >= 4 is 5.91 Å². The molecule has 0 radical (unpaired) electrons. The zero-order chi connectivity index (χ0) is 13.4. The Labute approximate surface area is 111 Å². The molecule has 0 aromatic carbocycles. The Balaban J connectivity index is 2.22. The molecule has 1 aliphatic heterocycles. The number of piperidine rings is 1. The largest absolute Gasteiger partial charge is 0.396 e. The van der Waals surface area contributed by atoms with Gasteiger partial charge in [0.2, 0.25) is 5.91 Å². The molecule has 18 heavy (non-hydrogen) atoms. The molecule has 0 aromatic heterocycles. The minimum atomic E-state index is 0.104. The van der Waals surface area contributed by atoms with Crippen LogP contribution in [0.1, 0.15) is 46.0 Å². The zero-order valence-electron chi connectivity index (χ0n) is 11.7. The topological polar surface area (TPSA) is 61.4 Å². The Morgan fingerprint density at radius 3 is 2.83 bits per heavy atom. The number of hydrogen-bond donors (Lipinski definition) is 3. The summed E-state index contributed by atoms with van der Waals surface area (Å²) in [4.78, 5) is 11.9. The minimum Gasteiger partial charge on any atom is -0.396 e. The molecule has 4 nitrogen and oxygen atoms in total. The molecule has 0 aromatic rings. The molecule has 0 spiro atoms. The highest BCUT2D eigenvalue weighted by Crippen LogP contribution is 2.16. The van der Waals surface area contributed by atoms with Gasteiger partial charge in [-0.3, -0.25) is 4.79 Å². The second-order valence-corrected chi connectivity index (χ2v) is 5.68. The van der Waals surface area contributed by atoms with E-state index in [0.29, 0.717) is 24.7 Å². The van der Waals surface area contributed by atoms with Crippen LogP contribution in [0.4, 0.5) is 0 Å². The summed E-state index contributed by atoms with van der Waals surface area (Å²) in [5, 5.41) is 15.4. The number of carbonyl (C=O) groups excluding carboxylic acids is 1. The average Bonchev–Trinajstić information content (AvgIpc) is 2.37. The van der Waals surface area contributed by atoms with Crippen LogP contribution in [0.5, 0.6) is 0 Å². The maximum Gasteiger partial charge on any atom is 0.220 e. The van der Waals surface area contributed by atoms with Crippen molar-refractivity contribution in [2.75, 3.05) is 19.7 Å². The van der Waals surface area contributed by atoms with Gasteiger partial charge in [-0.25, -0.2) is 0 Å². The van der Waals surface area contributed by atoms with Gasteiger partial charge in [0.05, 0.1) is 0 Å². The highest BCUT2D eigenvalue weighted by molar-refractivity contribution is 5.76. The summed E-state index contributed by atoms with van der Waals surface area (Å²) in [5.74, 6) is 1.16. The van der Waals surface area contributed by atoms with Gasteiger partial charge in [-0.2, -0.15) is 0 Å². The van der Waals surface area contributed by atoms with Crippen molar-refractivity contribution in [3.8, 4) is 0 Å². The molecule has 2 unspecified atom stereocenters. The summed E-state index contributed by atoms with van der Waals surface area (Å²) in [6, 6.07) is 0.104. The van der Waals surface area contributed by atoms with Gasteiger partial charge < -0.3 is 15.7 Å². The minimum absolute atomic E-state index is 0.104. The van der Waals surface area contributed by atoms with E-state index in [1.165, 1.54) is 12.8 Å². The Morgan fingerprint density at radius 1 is 1.50 bits per heavy atom. The normalized spacial score (nSPS) is 21.9. The molecule has 0 bridgehead atoms. The average molecular weight is 256 g/mol. The third-order valence-electron chi connectivity index (χ3n) is 3.77. The van der Waals surface area contributed by atoms with E-state index in [2.05, 4.69) is 24.5 Å². The van der Waals surface area contributed by atoms with Gasteiger partial charge in [-0.15, -0.1) is 0 Å². The van der Waals surface area contributed by atoms with Crippen LogP contribution in [0.3, 0.4) is 0 Å². The molecule has 1 aliphatic rings. The van der Waals surface area contributed by atoms with Crippen molar-refractivity contribution in [1.82, 2.24) is 10.6 Å². The molecule has 1 fully saturated rings. The number of nitrogens with one attached hydrogen (secondary N) is 2. The monoisotopic (exact) mass is 256 g/mol. The van der Waals surface area contributed by atoms with E-state index in [-0.39, 0.29) is 18.6 Å². The van der Waals surface area contributed by atoms with E-state index < -0.39 is 0 Å². The van der Waals surface area contributed by atoms with E-state index >= 15 is 0 Å². The lowest BCUT2D eigenvalue weighted by Gasteiger charge is -2.24. The summed E-state index contributed by atoms with van der Waals surface area (Å²) in [5.41, 5.74) is 0. The first-order chi connectivity index (χ1) is 8.63. The van der Waals surface area contributed by atoms with E-state index in [1.807, 2.05) is 0 Å². The van der Waals surface area contributed by atoms with Gasteiger partial charge in [-0.1, -0.05) is 13.8 Å². The van der Waals surface area contributed by atoms with Crippen LogP contribution in [0.2, 0.25) is 0 Å². The fourth-order valence-corrected chi connectivity index (χ4v) is 2.50. The number of aliphatic hydroxyl groups excluding tert-OH is 1. The zero-order valence-corrected chi connectivity index (χ0v) is 11.7. The van der Waals surface area contributed by atoms with Crippen molar-refractivity contribution in [3.05, 3.63) is 0 Å². The molecule has 1 heterocycles. The second kappa shape index (κ2) is 8.48. The molecule has 106 valence electrons. The van der Waals surface area contributed by atoms with Gasteiger partial charge in [0.25, 0.3) is 0 Å². The number of carbonyl (C=O) groups is 1. The van der Waals surface area contributed by atoms with Crippen LogP contribution < -0.4 is 10.6 Å². The molecular weight excluding hydrogens is 228 g/mol. The Hall–Kier alpha value is -0.610. The summed E-state index contributed by atoms with van der Waals surface area (Å²) < 4.78 is 0. The van der Waals surface area contributed by atoms with Gasteiger partial charge in [0.1, 0.15) is 0 Å². The number of amides is 1. The molecule has 4 heteroatoms. The molecule has 0 saturated carbocycles. The highest BCUT2D eigenvalue weighted by Gasteiger charge is 2.18. The number of aliphatic hydroxyl groups is 1. The molecule has 1 amide bonds. The quantitative estimate of drug-likeness (QED) is 0.643.